The zero-order valence-electron chi connectivity index (χ0n) is 5.93. The van der Waals surface area contributed by atoms with Crippen molar-refractivity contribution in [3.05, 3.63) is 0 Å². The van der Waals surface area contributed by atoms with Crippen LogP contribution in [0.2, 0.25) is 0 Å². The van der Waals surface area contributed by atoms with Gasteiger partial charge in [0.1, 0.15) is 8.37 Å². The van der Waals surface area contributed by atoms with Gasteiger partial charge in [-0.3, -0.25) is 20.2 Å². The van der Waals surface area contributed by atoms with E-state index in [1.807, 2.05) is 0 Å². The van der Waals surface area contributed by atoms with Gasteiger partial charge < -0.3 is 0 Å². The Bertz CT molecular complexity index is 98.2. The van der Waals surface area contributed by atoms with Crippen LogP contribution in [0.4, 0.5) is 0 Å². The summed E-state index contributed by atoms with van der Waals surface area (Å²) in [5.74, 6) is 0. The topological polar surface area (TPSA) is 39.3 Å². The molecule has 0 aromatic heterocycles. The Labute approximate surface area is 62.3 Å². The maximum atomic E-state index is 3.41. The van der Waals surface area contributed by atoms with Crippen LogP contribution in [0.15, 0.2) is 0 Å². The van der Waals surface area contributed by atoms with E-state index in [1.165, 1.54) is 13.1 Å². The largest absolute Gasteiger partial charge is 0.288 e. The van der Waals surface area contributed by atoms with E-state index in [1.54, 1.807) is 0 Å². The highest BCUT2D eigenvalue weighted by Gasteiger charge is 2.18. The summed E-state index contributed by atoms with van der Waals surface area (Å²) in [4.78, 5) is 2.43. The second-order valence-electron chi connectivity index (χ2n) is 2.59. The maximum absolute atomic E-state index is 3.41. The van der Waals surface area contributed by atoms with Crippen LogP contribution < -0.4 is 15.3 Å². The van der Waals surface area contributed by atoms with Gasteiger partial charge in [0.15, 0.2) is 0 Å². The molecule has 5 heteroatoms. The molecule has 0 aromatic rings. The summed E-state index contributed by atoms with van der Waals surface area (Å²) in [5.41, 5.74) is 0. The summed E-state index contributed by atoms with van der Waals surface area (Å²) >= 11 is 0. The summed E-state index contributed by atoms with van der Waals surface area (Å²) in [6.45, 7) is 5.66. The Morgan fingerprint density at radius 1 is 1.00 bits per heavy atom. The van der Waals surface area contributed by atoms with E-state index < -0.39 is 0 Å². The van der Waals surface area contributed by atoms with Gasteiger partial charge in [-0.15, -0.1) is 0 Å². The van der Waals surface area contributed by atoms with Crippen molar-refractivity contribution >= 4 is 8.37 Å². The molecule has 0 saturated carbocycles. The Hall–Kier alpha value is 0.270. The summed E-state index contributed by atoms with van der Waals surface area (Å²) in [5, 5.41) is 10.2. The smallest absolute Gasteiger partial charge is 0.112 e. The molecule has 2 rings (SSSR count). The second kappa shape index (κ2) is 3.11. The van der Waals surface area contributed by atoms with Crippen LogP contribution in [-0.4, -0.2) is 37.7 Å². The molecule has 2 bridgehead atoms. The van der Waals surface area contributed by atoms with Crippen LogP contribution in [-0.2, 0) is 0 Å². The number of nitrogens with zero attached hydrogens (tertiary/aromatic N) is 1. The molecule has 0 atom stereocenters. The number of hydrogen-bond donors (Lipinski definition) is 3. The van der Waals surface area contributed by atoms with Crippen molar-refractivity contribution in [3.8, 4) is 0 Å². The average molecular weight is 160 g/mol. The standard InChI is InChI=1S/C5H13N4P/c1-3-9-4-2-7-10(6-1)8-5-9/h6-8H,1-5H2. The highest BCUT2D eigenvalue weighted by Crippen LogP contribution is 2.21. The van der Waals surface area contributed by atoms with Gasteiger partial charge in [0.25, 0.3) is 0 Å². The number of hydrogen-bond acceptors (Lipinski definition) is 4. The first-order chi connectivity index (χ1) is 4.95. The first kappa shape index (κ1) is 6.95. The average Bonchev–Trinajstić information content (AvgIpc) is 2.17. The normalized spacial score (nSPS) is 40.8. The highest BCUT2D eigenvalue weighted by atomic mass is 31.1. The predicted molar refractivity (Wildman–Crippen MR) is 42.5 cm³/mol. The van der Waals surface area contributed by atoms with Gasteiger partial charge in [-0.2, -0.15) is 0 Å². The van der Waals surface area contributed by atoms with Crippen LogP contribution in [0, 0.1) is 0 Å². The minimum Gasteiger partial charge on any atom is -0.288 e. The van der Waals surface area contributed by atoms with Crippen LogP contribution >= 0.6 is 8.37 Å². The van der Waals surface area contributed by atoms with Gasteiger partial charge in [0.2, 0.25) is 0 Å². The van der Waals surface area contributed by atoms with E-state index in [9.17, 15) is 0 Å². The van der Waals surface area contributed by atoms with Crippen LogP contribution in [0.25, 0.3) is 0 Å². The lowest BCUT2D eigenvalue weighted by Crippen LogP contribution is -2.35. The summed E-state index contributed by atoms with van der Waals surface area (Å²) < 4.78 is 0. The molecule has 2 aliphatic rings. The van der Waals surface area contributed by atoms with Gasteiger partial charge >= 0.3 is 0 Å². The van der Waals surface area contributed by atoms with Crippen molar-refractivity contribution < 1.29 is 0 Å². The Morgan fingerprint density at radius 2 is 1.70 bits per heavy atom. The molecule has 2 saturated heterocycles. The molecule has 0 spiro atoms. The first-order valence-corrected chi connectivity index (χ1v) is 5.02. The van der Waals surface area contributed by atoms with Gasteiger partial charge in [0.05, 0.1) is 6.67 Å². The zero-order chi connectivity index (χ0) is 6.81. The molecule has 3 N–H and O–H groups in total. The van der Waals surface area contributed by atoms with E-state index in [-0.39, 0.29) is 8.37 Å². The number of nitrogens with one attached hydrogen (secondary N) is 3. The molecule has 2 fully saturated rings. The third-order valence-corrected chi connectivity index (χ3v) is 3.39. The zero-order valence-corrected chi connectivity index (χ0v) is 6.82. The molecule has 0 radical (unpaired) electrons. The van der Waals surface area contributed by atoms with Crippen LogP contribution in [0.5, 0.6) is 0 Å². The lowest BCUT2D eigenvalue weighted by atomic mass is 10.5. The van der Waals surface area contributed by atoms with Crippen LogP contribution in [0.1, 0.15) is 0 Å². The Kier molecular flexibility index (Phi) is 2.16. The van der Waals surface area contributed by atoms with Crippen molar-refractivity contribution in [2.45, 2.75) is 0 Å². The quantitative estimate of drug-likeness (QED) is 0.408. The van der Waals surface area contributed by atoms with Gasteiger partial charge in [-0.1, -0.05) is 0 Å². The van der Waals surface area contributed by atoms with Crippen molar-refractivity contribution in [1.29, 1.82) is 0 Å². The predicted octanol–water partition coefficient (Wildman–Crippen LogP) is -0.731. The molecular weight excluding hydrogens is 147 g/mol. The SMILES string of the molecule is C1CN2CCNP(N1)NC2. The fourth-order valence-corrected chi connectivity index (χ4v) is 2.57. The third kappa shape index (κ3) is 1.47. The molecule has 0 amide bonds. The monoisotopic (exact) mass is 160 g/mol. The van der Waals surface area contributed by atoms with Crippen molar-refractivity contribution in [2.24, 2.45) is 0 Å². The molecule has 0 unspecified atom stereocenters. The molecule has 4 nitrogen and oxygen atoms in total. The van der Waals surface area contributed by atoms with E-state index in [0.717, 1.165) is 19.8 Å². The molecule has 0 aliphatic carbocycles. The Morgan fingerprint density at radius 3 is 2.40 bits per heavy atom. The van der Waals surface area contributed by atoms with Gasteiger partial charge in [-0.05, 0) is 0 Å². The molecule has 10 heavy (non-hydrogen) atoms. The van der Waals surface area contributed by atoms with E-state index >= 15 is 0 Å². The molecule has 2 aliphatic heterocycles. The minimum absolute atomic E-state index is 0.248. The lowest BCUT2D eigenvalue weighted by Gasteiger charge is -2.18. The highest BCUT2D eigenvalue weighted by molar-refractivity contribution is 7.51. The second-order valence-corrected chi connectivity index (χ2v) is 4.21. The molecular formula is C5H13N4P. The molecule has 2 heterocycles. The number of rotatable bonds is 0. The van der Waals surface area contributed by atoms with Crippen molar-refractivity contribution in [2.75, 3.05) is 32.8 Å². The summed E-state index contributed by atoms with van der Waals surface area (Å²) in [7, 11) is -0.248. The lowest BCUT2D eigenvalue weighted by molar-refractivity contribution is 0.293. The third-order valence-electron chi connectivity index (χ3n) is 1.85. The van der Waals surface area contributed by atoms with Crippen LogP contribution in [0.3, 0.4) is 0 Å². The molecule has 58 valence electrons. The van der Waals surface area contributed by atoms with Crippen molar-refractivity contribution in [3.63, 3.8) is 0 Å². The summed E-state index contributed by atoms with van der Waals surface area (Å²) in [6, 6.07) is 0. The first-order valence-electron chi connectivity index (χ1n) is 3.68. The van der Waals surface area contributed by atoms with E-state index in [4.69, 9.17) is 0 Å². The fourth-order valence-electron chi connectivity index (χ4n) is 1.25. The summed E-state index contributed by atoms with van der Waals surface area (Å²) in [6.07, 6.45) is 0. The molecule has 0 aromatic carbocycles. The van der Waals surface area contributed by atoms with Gasteiger partial charge in [-0.25, -0.2) is 0 Å². The fraction of sp³-hybridized carbons (Fsp3) is 1.00. The minimum atomic E-state index is -0.248. The van der Waals surface area contributed by atoms with E-state index in [2.05, 4.69) is 20.2 Å². The van der Waals surface area contributed by atoms with Gasteiger partial charge in [0, 0.05) is 26.2 Å². The number of fused-ring (bicyclic) bond motifs is 3. The maximum Gasteiger partial charge on any atom is 0.112 e. The Balaban J connectivity index is 2.01. The van der Waals surface area contributed by atoms with E-state index in [0.29, 0.717) is 0 Å². The van der Waals surface area contributed by atoms with Crippen molar-refractivity contribution in [1.82, 2.24) is 20.2 Å².